The van der Waals surface area contributed by atoms with E-state index in [0.717, 1.165) is 25.2 Å². The first-order valence-corrected chi connectivity index (χ1v) is 10.3. The Kier molecular flexibility index (Phi) is 5.11. The van der Waals surface area contributed by atoms with Crippen molar-refractivity contribution in [3.63, 3.8) is 0 Å². The van der Waals surface area contributed by atoms with Gasteiger partial charge in [0.2, 0.25) is 5.91 Å². The van der Waals surface area contributed by atoms with E-state index in [-0.39, 0.29) is 5.91 Å². The third-order valence-corrected chi connectivity index (χ3v) is 5.40. The molecule has 0 spiro atoms. The van der Waals surface area contributed by atoms with E-state index in [9.17, 15) is 4.79 Å². The maximum Gasteiger partial charge on any atom is 0.263 e. The molecule has 154 valence electrons. The number of furan rings is 2. The average molecular weight is 405 g/mol. The molecule has 0 atom stereocenters. The Labute approximate surface area is 173 Å². The van der Waals surface area contributed by atoms with Gasteiger partial charge in [0.15, 0.2) is 11.3 Å². The van der Waals surface area contributed by atoms with Crippen molar-refractivity contribution >= 4 is 22.7 Å². The minimum absolute atomic E-state index is 0.0138. The fourth-order valence-electron chi connectivity index (χ4n) is 3.89. The molecule has 1 aliphatic rings. The number of carbonyl (C=O) groups excluding carboxylic acids is 1. The van der Waals surface area contributed by atoms with E-state index >= 15 is 0 Å². The largest absolute Gasteiger partial charge is 0.464 e. The number of fused-ring (bicyclic) bond motifs is 1. The molecule has 4 aromatic rings. The van der Waals surface area contributed by atoms with E-state index in [1.165, 1.54) is 19.3 Å². The minimum atomic E-state index is -0.0138. The van der Waals surface area contributed by atoms with Crippen molar-refractivity contribution in [2.75, 3.05) is 25.0 Å². The Hall–Kier alpha value is -3.32. The molecule has 1 saturated heterocycles. The molecule has 30 heavy (non-hydrogen) atoms. The van der Waals surface area contributed by atoms with Gasteiger partial charge < -0.3 is 23.5 Å². The number of benzene rings is 1. The van der Waals surface area contributed by atoms with E-state index in [0.29, 0.717) is 40.6 Å². The number of carbonyl (C=O) groups is 1. The zero-order valence-corrected chi connectivity index (χ0v) is 16.6. The van der Waals surface area contributed by atoms with Gasteiger partial charge in [-0.3, -0.25) is 4.79 Å². The quantitative estimate of drug-likeness (QED) is 0.477. The number of anilines is 1. The van der Waals surface area contributed by atoms with Gasteiger partial charge >= 0.3 is 0 Å². The summed E-state index contributed by atoms with van der Waals surface area (Å²) in [5.74, 6) is 1.56. The average Bonchev–Trinajstić information content (AvgIpc) is 3.53. The summed E-state index contributed by atoms with van der Waals surface area (Å²) in [7, 11) is 0. The predicted octanol–water partition coefficient (Wildman–Crippen LogP) is 5.16. The number of oxazole rings is 1. The standard InChI is InChI=1S/C23H23N3O4/c27-21(8-11-26-9-2-1-3-10-26)24-16-14-17(19-6-4-12-28-19)22-18(15-16)25-23(30-22)20-7-5-13-29-20/h4-7,12-15H,1-3,8-11H2,(H,24,27). The van der Waals surface area contributed by atoms with Crippen molar-refractivity contribution in [2.24, 2.45) is 0 Å². The molecule has 0 radical (unpaired) electrons. The maximum atomic E-state index is 12.6. The van der Waals surface area contributed by atoms with Crippen LogP contribution >= 0.6 is 0 Å². The van der Waals surface area contributed by atoms with Crippen LogP contribution < -0.4 is 5.32 Å². The van der Waals surface area contributed by atoms with Crippen LogP contribution in [0, 0.1) is 0 Å². The van der Waals surface area contributed by atoms with E-state index in [1.807, 2.05) is 24.3 Å². The van der Waals surface area contributed by atoms with E-state index in [1.54, 1.807) is 24.7 Å². The van der Waals surface area contributed by atoms with Crippen LogP contribution in [0.2, 0.25) is 0 Å². The number of hydrogen-bond acceptors (Lipinski definition) is 6. The molecule has 5 rings (SSSR count). The third-order valence-electron chi connectivity index (χ3n) is 5.40. The van der Waals surface area contributed by atoms with Gasteiger partial charge in [-0.25, -0.2) is 4.98 Å². The summed E-state index contributed by atoms with van der Waals surface area (Å²) in [5, 5.41) is 3.01. The van der Waals surface area contributed by atoms with Crippen molar-refractivity contribution in [3.8, 4) is 23.0 Å². The Morgan fingerprint density at radius 3 is 2.53 bits per heavy atom. The summed E-state index contributed by atoms with van der Waals surface area (Å²) in [6, 6.07) is 10.9. The lowest BCUT2D eigenvalue weighted by Crippen LogP contribution is -2.32. The predicted molar refractivity (Wildman–Crippen MR) is 113 cm³/mol. The molecular formula is C23H23N3O4. The molecule has 1 amide bonds. The normalized spacial score (nSPS) is 14.9. The van der Waals surface area contributed by atoms with Gasteiger partial charge in [-0.15, -0.1) is 0 Å². The number of aromatic nitrogens is 1. The van der Waals surface area contributed by atoms with Gasteiger partial charge in [-0.05, 0) is 62.3 Å². The summed E-state index contributed by atoms with van der Waals surface area (Å²) in [5.41, 5.74) is 2.61. The van der Waals surface area contributed by atoms with Crippen molar-refractivity contribution in [3.05, 3.63) is 48.9 Å². The molecule has 1 N–H and O–H groups in total. The van der Waals surface area contributed by atoms with E-state index < -0.39 is 0 Å². The van der Waals surface area contributed by atoms with Gasteiger partial charge in [0.05, 0.1) is 18.1 Å². The van der Waals surface area contributed by atoms with E-state index in [4.69, 9.17) is 13.3 Å². The smallest absolute Gasteiger partial charge is 0.263 e. The molecule has 0 unspecified atom stereocenters. The van der Waals surface area contributed by atoms with Crippen LogP contribution in [-0.2, 0) is 4.79 Å². The van der Waals surface area contributed by atoms with Crippen molar-refractivity contribution in [1.29, 1.82) is 0 Å². The second kappa shape index (κ2) is 8.20. The van der Waals surface area contributed by atoms with Crippen molar-refractivity contribution in [2.45, 2.75) is 25.7 Å². The summed E-state index contributed by atoms with van der Waals surface area (Å²) < 4.78 is 17.0. The topological polar surface area (TPSA) is 84.7 Å². The first-order chi connectivity index (χ1) is 14.8. The summed E-state index contributed by atoms with van der Waals surface area (Å²) in [6.45, 7) is 2.94. The lowest BCUT2D eigenvalue weighted by Gasteiger charge is -2.25. The van der Waals surface area contributed by atoms with Crippen molar-refractivity contribution in [1.82, 2.24) is 9.88 Å². The number of nitrogens with one attached hydrogen (secondary N) is 1. The molecule has 1 fully saturated rings. The van der Waals surface area contributed by atoms with Crippen LogP contribution in [0.25, 0.3) is 34.1 Å². The highest BCUT2D eigenvalue weighted by Crippen LogP contribution is 2.35. The Morgan fingerprint density at radius 2 is 1.80 bits per heavy atom. The summed E-state index contributed by atoms with van der Waals surface area (Å²) in [6.07, 6.45) is 7.37. The first kappa shape index (κ1) is 18.7. The molecule has 1 aromatic carbocycles. The third kappa shape index (κ3) is 3.89. The Balaban J connectivity index is 1.41. The zero-order valence-electron chi connectivity index (χ0n) is 16.6. The second-order valence-corrected chi connectivity index (χ2v) is 7.55. The molecule has 7 heteroatoms. The molecule has 4 heterocycles. The fraction of sp³-hybridized carbons (Fsp3) is 0.304. The molecule has 3 aromatic heterocycles. The zero-order chi connectivity index (χ0) is 20.3. The van der Waals surface area contributed by atoms with Gasteiger partial charge in [0.1, 0.15) is 11.3 Å². The molecule has 7 nitrogen and oxygen atoms in total. The van der Waals surface area contributed by atoms with Crippen LogP contribution in [0.5, 0.6) is 0 Å². The Morgan fingerprint density at radius 1 is 1.03 bits per heavy atom. The molecule has 0 saturated carbocycles. The summed E-state index contributed by atoms with van der Waals surface area (Å²) >= 11 is 0. The highest BCUT2D eigenvalue weighted by molar-refractivity contribution is 5.98. The lowest BCUT2D eigenvalue weighted by atomic mass is 10.1. The number of rotatable bonds is 6. The number of hydrogen-bond donors (Lipinski definition) is 1. The number of nitrogens with zero attached hydrogens (tertiary/aromatic N) is 2. The Bertz CT molecular complexity index is 1120. The van der Waals surface area contributed by atoms with Crippen LogP contribution in [0.15, 0.2) is 62.2 Å². The number of likely N-dealkylation sites (tertiary alicyclic amines) is 1. The highest BCUT2D eigenvalue weighted by atomic mass is 16.4. The SMILES string of the molecule is O=C(CCN1CCCCC1)Nc1cc(-c2ccco2)c2oc(-c3ccco3)nc2c1. The van der Waals surface area contributed by atoms with Crippen LogP contribution in [0.3, 0.4) is 0 Å². The van der Waals surface area contributed by atoms with Gasteiger partial charge in [0, 0.05) is 18.7 Å². The van der Waals surface area contributed by atoms with Gasteiger partial charge in [-0.1, -0.05) is 6.42 Å². The molecule has 0 aliphatic carbocycles. The van der Waals surface area contributed by atoms with Gasteiger partial charge in [0.25, 0.3) is 5.89 Å². The first-order valence-electron chi connectivity index (χ1n) is 10.3. The molecule has 0 bridgehead atoms. The van der Waals surface area contributed by atoms with Crippen LogP contribution in [0.1, 0.15) is 25.7 Å². The molecule has 1 aliphatic heterocycles. The molecular weight excluding hydrogens is 382 g/mol. The second-order valence-electron chi connectivity index (χ2n) is 7.55. The highest BCUT2D eigenvalue weighted by Gasteiger charge is 2.19. The number of amides is 1. The van der Waals surface area contributed by atoms with Crippen LogP contribution in [-0.4, -0.2) is 35.4 Å². The van der Waals surface area contributed by atoms with Gasteiger partial charge in [-0.2, -0.15) is 0 Å². The lowest BCUT2D eigenvalue weighted by molar-refractivity contribution is -0.116. The fourth-order valence-corrected chi connectivity index (χ4v) is 3.89. The monoisotopic (exact) mass is 405 g/mol. The van der Waals surface area contributed by atoms with Crippen molar-refractivity contribution < 1.29 is 18.0 Å². The maximum absolute atomic E-state index is 12.6. The van der Waals surface area contributed by atoms with Crippen LogP contribution in [0.4, 0.5) is 5.69 Å². The van der Waals surface area contributed by atoms with E-state index in [2.05, 4.69) is 15.2 Å². The minimum Gasteiger partial charge on any atom is -0.464 e. The number of piperidine rings is 1. The summed E-state index contributed by atoms with van der Waals surface area (Å²) in [4.78, 5) is 19.5.